The van der Waals surface area contributed by atoms with Crippen molar-refractivity contribution in [3.8, 4) is 0 Å². The molecule has 0 atom stereocenters. The van der Waals surface area contributed by atoms with E-state index in [1.807, 2.05) is 0 Å². The molecule has 0 aromatic carbocycles. The Labute approximate surface area is 108 Å². The van der Waals surface area contributed by atoms with E-state index in [4.69, 9.17) is 5.11 Å². The first kappa shape index (κ1) is 14.8. The fraction of sp³-hybridized carbons (Fsp3) is 0.417. The summed E-state index contributed by atoms with van der Waals surface area (Å²) in [5, 5.41) is 8.88. The van der Waals surface area contributed by atoms with Gasteiger partial charge in [-0.15, -0.1) is 6.58 Å². The van der Waals surface area contributed by atoms with Gasteiger partial charge in [0.05, 0.1) is 6.61 Å². The molecule has 18 heavy (non-hydrogen) atoms. The van der Waals surface area contributed by atoms with Gasteiger partial charge in [0, 0.05) is 18.8 Å². The second kappa shape index (κ2) is 6.08. The molecule has 0 saturated heterocycles. The predicted octanol–water partition coefficient (Wildman–Crippen LogP) is 1.16. The van der Waals surface area contributed by atoms with Crippen molar-refractivity contribution in [3.05, 3.63) is 36.5 Å². The Bertz CT molecular complexity index is 495. The van der Waals surface area contributed by atoms with Crippen LogP contribution in [0.15, 0.2) is 36.0 Å². The highest BCUT2D eigenvalue weighted by molar-refractivity contribution is 7.89. The zero-order chi connectivity index (χ0) is 13.8. The summed E-state index contributed by atoms with van der Waals surface area (Å²) in [6.07, 6.45) is 2.90. The molecule has 100 valence electrons. The van der Waals surface area contributed by atoms with E-state index in [2.05, 4.69) is 11.6 Å². The Morgan fingerprint density at radius 3 is 2.56 bits per heavy atom. The number of aromatic nitrogens is 1. The minimum Gasteiger partial charge on any atom is -0.392 e. The molecule has 1 heterocycles. The Kier molecular flexibility index (Phi) is 5.01. The molecule has 5 nitrogen and oxygen atoms in total. The lowest BCUT2D eigenvalue weighted by Gasteiger charge is -2.23. The first-order valence-electron chi connectivity index (χ1n) is 5.62. The lowest BCUT2D eigenvalue weighted by molar-refractivity contribution is 0.281. The van der Waals surface area contributed by atoms with Crippen molar-refractivity contribution >= 4 is 10.0 Å². The van der Waals surface area contributed by atoms with Crippen molar-refractivity contribution < 1.29 is 13.5 Å². The van der Waals surface area contributed by atoms with Crippen LogP contribution >= 0.6 is 0 Å². The normalized spacial score (nSPS) is 12.1. The van der Waals surface area contributed by atoms with Gasteiger partial charge in [0.2, 0.25) is 0 Å². The van der Waals surface area contributed by atoms with Crippen LogP contribution in [0.5, 0.6) is 0 Å². The van der Waals surface area contributed by atoms with Gasteiger partial charge in [-0.25, -0.2) is 13.4 Å². The van der Waals surface area contributed by atoms with Crippen LogP contribution in [-0.4, -0.2) is 35.4 Å². The number of sulfonamides is 1. The topological polar surface area (TPSA) is 70.5 Å². The van der Waals surface area contributed by atoms with Gasteiger partial charge in [-0.05, 0) is 25.5 Å². The molecule has 0 saturated carbocycles. The Morgan fingerprint density at radius 1 is 1.50 bits per heavy atom. The van der Waals surface area contributed by atoms with Gasteiger partial charge in [-0.2, -0.15) is 4.31 Å². The van der Waals surface area contributed by atoms with Crippen LogP contribution in [0.3, 0.4) is 0 Å². The van der Waals surface area contributed by atoms with E-state index in [0.29, 0.717) is 5.56 Å². The zero-order valence-electron chi connectivity index (χ0n) is 10.6. The average molecular weight is 270 g/mol. The summed E-state index contributed by atoms with van der Waals surface area (Å²) in [4.78, 5) is 3.88. The summed E-state index contributed by atoms with van der Waals surface area (Å²) in [5.41, 5.74) is 0.578. The number of hydrogen-bond donors (Lipinski definition) is 1. The van der Waals surface area contributed by atoms with Crippen LogP contribution in [-0.2, 0) is 16.6 Å². The molecular formula is C12H18N2O3S. The highest BCUT2D eigenvalue weighted by atomic mass is 32.2. The maximum Gasteiger partial charge on any atom is 0.261 e. The maximum absolute atomic E-state index is 12.3. The van der Waals surface area contributed by atoms with Gasteiger partial charge in [-0.1, -0.05) is 12.1 Å². The summed E-state index contributed by atoms with van der Waals surface area (Å²) in [5.74, 6) is 0. The van der Waals surface area contributed by atoms with Gasteiger partial charge in [0.25, 0.3) is 10.0 Å². The molecule has 0 aliphatic rings. The van der Waals surface area contributed by atoms with Gasteiger partial charge < -0.3 is 5.11 Å². The summed E-state index contributed by atoms with van der Waals surface area (Å²) in [6.45, 7) is 7.23. The standard InChI is InChI=1S/C12H18N2O3S/c1-4-7-14(10(2)3)18(16,17)12-6-5-11(9-15)8-13-12/h4-6,8,10,15H,1,7,9H2,2-3H3. The van der Waals surface area contributed by atoms with Crippen LogP contribution in [0, 0.1) is 0 Å². The number of hydrogen-bond acceptors (Lipinski definition) is 4. The highest BCUT2D eigenvalue weighted by Gasteiger charge is 2.26. The second-order valence-corrected chi connectivity index (χ2v) is 5.96. The Morgan fingerprint density at radius 2 is 2.17 bits per heavy atom. The van der Waals surface area contributed by atoms with Crippen molar-refractivity contribution in [2.45, 2.75) is 31.5 Å². The van der Waals surface area contributed by atoms with Crippen molar-refractivity contribution in [1.29, 1.82) is 0 Å². The minimum atomic E-state index is -3.62. The highest BCUT2D eigenvalue weighted by Crippen LogP contribution is 2.16. The minimum absolute atomic E-state index is 0.0183. The number of aliphatic hydroxyl groups is 1. The lowest BCUT2D eigenvalue weighted by atomic mass is 10.3. The largest absolute Gasteiger partial charge is 0.392 e. The first-order chi connectivity index (χ1) is 8.43. The third kappa shape index (κ3) is 3.16. The average Bonchev–Trinajstić information content (AvgIpc) is 2.35. The van der Waals surface area contributed by atoms with Gasteiger partial charge in [-0.3, -0.25) is 0 Å². The van der Waals surface area contributed by atoms with Gasteiger partial charge >= 0.3 is 0 Å². The number of rotatable bonds is 6. The van der Waals surface area contributed by atoms with Crippen molar-refractivity contribution in [2.75, 3.05) is 6.54 Å². The fourth-order valence-electron chi connectivity index (χ4n) is 1.49. The molecule has 0 spiro atoms. The van der Waals surface area contributed by atoms with E-state index in [9.17, 15) is 8.42 Å². The van der Waals surface area contributed by atoms with Crippen molar-refractivity contribution in [1.82, 2.24) is 9.29 Å². The smallest absolute Gasteiger partial charge is 0.261 e. The molecule has 0 radical (unpaired) electrons. The van der Waals surface area contributed by atoms with Crippen LogP contribution in [0.4, 0.5) is 0 Å². The van der Waals surface area contributed by atoms with Gasteiger partial charge in [0.15, 0.2) is 5.03 Å². The summed E-state index contributed by atoms with van der Waals surface area (Å²) in [7, 11) is -3.62. The van der Waals surface area contributed by atoms with Crippen LogP contribution < -0.4 is 0 Å². The number of aliphatic hydroxyl groups excluding tert-OH is 1. The van der Waals surface area contributed by atoms with E-state index in [-0.39, 0.29) is 24.2 Å². The molecule has 0 unspecified atom stereocenters. The summed E-state index contributed by atoms with van der Waals surface area (Å²) in [6, 6.07) is 2.78. The molecule has 1 aromatic rings. The summed E-state index contributed by atoms with van der Waals surface area (Å²) >= 11 is 0. The zero-order valence-corrected chi connectivity index (χ0v) is 11.4. The number of pyridine rings is 1. The van der Waals surface area contributed by atoms with E-state index in [1.54, 1.807) is 26.0 Å². The second-order valence-electron chi connectivity index (χ2n) is 4.12. The van der Waals surface area contributed by atoms with Crippen LogP contribution in [0.2, 0.25) is 0 Å². The predicted molar refractivity (Wildman–Crippen MR) is 69.4 cm³/mol. The van der Waals surface area contributed by atoms with Crippen LogP contribution in [0.25, 0.3) is 0 Å². The van der Waals surface area contributed by atoms with E-state index in [1.165, 1.54) is 16.6 Å². The van der Waals surface area contributed by atoms with Gasteiger partial charge in [0.1, 0.15) is 0 Å². The van der Waals surface area contributed by atoms with E-state index < -0.39 is 10.0 Å². The molecular weight excluding hydrogens is 252 g/mol. The first-order valence-corrected chi connectivity index (χ1v) is 7.06. The molecule has 1 aromatic heterocycles. The van der Waals surface area contributed by atoms with Crippen LogP contribution in [0.1, 0.15) is 19.4 Å². The Hall–Kier alpha value is -1.24. The Balaban J connectivity index is 3.13. The maximum atomic E-state index is 12.3. The lowest BCUT2D eigenvalue weighted by Crippen LogP contribution is -2.37. The quantitative estimate of drug-likeness (QED) is 0.787. The fourth-order valence-corrected chi connectivity index (χ4v) is 3.01. The third-order valence-corrected chi connectivity index (χ3v) is 4.40. The molecule has 1 rings (SSSR count). The molecule has 6 heteroatoms. The monoisotopic (exact) mass is 270 g/mol. The SMILES string of the molecule is C=CCN(C(C)C)S(=O)(=O)c1ccc(CO)cn1. The molecule has 0 aliphatic carbocycles. The molecule has 0 aliphatic heterocycles. The number of nitrogens with zero attached hydrogens (tertiary/aromatic N) is 2. The van der Waals surface area contributed by atoms with E-state index >= 15 is 0 Å². The molecule has 0 fully saturated rings. The summed E-state index contributed by atoms with van der Waals surface area (Å²) < 4.78 is 26.0. The van der Waals surface area contributed by atoms with Crippen molar-refractivity contribution in [3.63, 3.8) is 0 Å². The molecule has 1 N–H and O–H groups in total. The third-order valence-electron chi connectivity index (χ3n) is 2.44. The molecule has 0 bridgehead atoms. The van der Waals surface area contributed by atoms with Crippen molar-refractivity contribution in [2.24, 2.45) is 0 Å². The van der Waals surface area contributed by atoms with E-state index in [0.717, 1.165) is 0 Å². The molecule has 0 amide bonds.